The summed E-state index contributed by atoms with van der Waals surface area (Å²) < 4.78 is 10.6. The predicted octanol–water partition coefficient (Wildman–Crippen LogP) is -1.69. The van der Waals surface area contributed by atoms with Crippen molar-refractivity contribution in [2.24, 2.45) is 0 Å². The first-order valence-electron chi connectivity index (χ1n) is 3.22. The van der Waals surface area contributed by atoms with Gasteiger partial charge in [0.15, 0.2) is 5.78 Å². The lowest BCUT2D eigenvalue weighted by atomic mass is 10.4. The van der Waals surface area contributed by atoms with Crippen LogP contribution in [-0.2, 0) is 9.36 Å². The van der Waals surface area contributed by atoms with Gasteiger partial charge in [0, 0.05) is 6.54 Å². The second kappa shape index (κ2) is 3.12. The fourth-order valence-electron chi connectivity index (χ4n) is 0.909. The van der Waals surface area contributed by atoms with Gasteiger partial charge in [0.25, 0.3) is 5.91 Å². The molecule has 1 amide bonds. The number of piperazine rings is 1. The Labute approximate surface area is 68.1 Å². The largest absolute Gasteiger partial charge is 0.352 e. The van der Waals surface area contributed by atoms with E-state index in [1.165, 1.54) is 0 Å². The average molecular weight is 196 g/mol. The number of carbonyl (C=O) groups is 1. The molecule has 7 nitrogen and oxygen atoms in total. The molecule has 0 bridgehead atoms. The van der Waals surface area contributed by atoms with Crippen molar-refractivity contribution in [1.82, 2.24) is 10.4 Å². The summed E-state index contributed by atoms with van der Waals surface area (Å²) in [5.74, 6) is -2.59. The minimum Gasteiger partial charge on any atom is -0.323 e. The summed E-state index contributed by atoms with van der Waals surface area (Å²) in [6.07, 6.45) is 0. The van der Waals surface area contributed by atoms with Crippen LogP contribution in [0.2, 0.25) is 0 Å². The fraction of sp³-hybridized carbons (Fsp3) is 0.750. The van der Waals surface area contributed by atoms with Crippen LogP contribution in [0.25, 0.3) is 0 Å². The van der Waals surface area contributed by atoms with E-state index in [0.29, 0.717) is 5.06 Å². The third kappa shape index (κ3) is 1.82. The number of carbonyl (C=O) groups excluding carboxylic acids is 1. The Morgan fingerprint density at radius 1 is 1.58 bits per heavy atom. The van der Waals surface area contributed by atoms with Crippen LogP contribution in [0, 0.1) is 0 Å². The zero-order valence-electron chi connectivity index (χ0n) is 6.04. The number of hydrogen-bond acceptors (Lipinski definition) is 4. The van der Waals surface area contributed by atoms with E-state index in [2.05, 4.69) is 5.32 Å². The Balaban J connectivity index is 2.78. The molecular formula is C4H9N2O5P. The van der Waals surface area contributed by atoms with E-state index in [-0.39, 0.29) is 13.1 Å². The standard InChI is InChI=1S/C4H9N2O5P/c7-4-3(12(9,10)11)5-1-2-6(4)8/h3,5,8H,1-2H2,(H2,9,10,11). The Kier molecular flexibility index (Phi) is 2.50. The third-order valence-corrected chi connectivity index (χ3v) is 2.56. The summed E-state index contributed by atoms with van der Waals surface area (Å²) >= 11 is 0. The Hall–Kier alpha value is -0.460. The molecule has 1 saturated heterocycles. The van der Waals surface area contributed by atoms with E-state index in [1.54, 1.807) is 0 Å². The molecule has 0 aromatic carbocycles. The van der Waals surface area contributed by atoms with Crippen LogP contribution in [0.1, 0.15) is 0 Å². The lowest BCUT2D eigenvalue weighted by Crippen LogP contribution is -2.53. The molecule has 0 aromatic heterocycles. The molecule has 1 aliphatic heterocycles. The Morgan fingerprint density at radius 3 is 2.58 bits per heavy atom. The molecule has 1 rings (SSSR count). The quantitative estimate of drug-likeness (QED) is 0.294. The monoisotopic (exact) mass is 196 g/mol. The molecule has 1 fully saturated rings. The van der Waals surface area contributed by atoms with Gasteiger partial charge in [-0.3, -0.25) is 19.9 Å². The van der Waals surface area contributed by atoms with Crippen molar-refractivity contribution >= 4 is 13.5 Å². The number of rotatable bonds is 1. The molecule has 70 valence electrons. The molecule has 4 N–H and O–H groups in total. The number of nitrogens with one attached hydrogen (secondary N) is 1. The number of hydrogen-bond donors (Lipinski definition) is 4. The summed E-state index contributed by atoms with van der Waals surface area (Å²) in [5.41, 5.74) is 0. The van der Waals surface area contributed by atoms with Gasteiger partial charge in [-0.25, -0.2) is 5.06 Å². The molecule has 1 aliphatic rings. The fourth-order valence-corrected chi connectivity index (χ4v) is 1.70. The highest BCUT2D eigenvalue weighted by Crippen LogP contribution is 2.40. The van der Waals surface area contributed by atoms with Crippen molar-refractivity contribution in [3.05, 3.63) is 0 Å². The lowest BCUT2D eigenvalue weighted by Gasteiger charge is -2.28. The molecule has 1 heterocycles. The number of amides is 1. The van der Waals surface area contributed by atoms with Gasteiger partial charge in [-0.15, -0.1) is 0 Å². The minimum atomic E-state index is -4.50. The molecule has 8 heteroatoms. The van der Waals surface area contributed by atoms with Crippen LogP contribution in [0.5, 0.6) is 0 Å². The van der Waals surface area contributed by atoms with E-state index < -0.39 is 19.3 Å². The van der Waals surface area contributed by atoms with Crippen LogP contribution in [0.4, 0.5) is 0 Å². The van der Waals surface area contributed by atoms with Crippen molar-refractivity contribution in [1.29, 1.82) is 0 Å². The van der Waals surface area contributed by atoms with E-state index in [1.807, 2.05) is 0 Å². The van der Waals surface area contributed by atoms with E-state index in [4.69, 9.17) is 15.0 Å². The molecular weight excluding hydrogens is 187 g/mol. The summed E-state index contributed by atoms with van der Waals surface area (Å²) in [4.78, 5) is 28.1. The Bertz CT molecular complexity index is 238. The van der Waals surface area contributed by atoms with Crippen LogP contribution in [-0.4, -0.2) is 44.8 Å². The topological polar surface area (TPSA) is 110 Å². The van der Waals surface area contributed by atoms with Crippen LogP contribution >= 0.6 is 7.60 Å². The SMILES string of the molecule is O=C1C(P(=O)(O)O)NCCN1O. The molecule has 0 aliphatic carbocycles. The molecule has 1 atom stereocenters. The van der Waals surface area contributed by atoms with Gasteiger partial charge in [-0.1, -0.05) is 0 Å². The van der Waals surface area contributed by atoms with Crippen molar-refractivity contribution in [3.8, 4) is 0 Å². The third-order valence-electron chi connectivity index (χ3n) is 1.49. The maximum Gasteiger partial charge on any atom is 0.352 e. The highest BCUT2D eigenvalue weighted by molar-refractivity contribution is 7.53. The van der Waals surface area contributed by atoms with Gasteiger partial charge in [0.05, 0.1) is 6.54 Å². The normalized spacial score (nSPS) is 26.1. The second-order valence-electron chi connectivity index (χ2n) is 2.41. The van der Waals surface area contributed by atoms with Crippen molar-refractivity contribution in [2.75, 3.05) is 13.1 Å². The van der Waals surface area contributed by atoms with Crippen molar-refractivity contribution < 1.29 is 24.4 Å². The summed E-state index contributed by atoms with van der Waals surface area (Å²) in [6, 6.07) is 0. The van der Waals surface area contributed by atoms with Gasteiger partial charge >= 0.3 is 7.60 Å². The van der Waals surface area contributed by atoms with E-state index in [0.717, 1.165) is 0 Å². The molecule has 1 unspecified atom stereocenters. The molecule has 12 heavy (non-hydrogen) atoms. The van der Waals surface area contributed by atoms with E-state index in [9.17, 15) is 9.36 Å². The molecule has 0 radical (unpaired) electrons. The van der Waals surface area contributed by atoms with Crippen molar-refractivity contribution in [2.45, 2.75) is 5.78 Å². The first kappa shape index (κ1) is 9.63. The second-order valence-corrected chi connectivity index (χ2v) is 4.10. The zero-order chi connectivity index (χ0) is 9.35. The first-order valence-corrected chi connectivity index (χ1v) is 4.90. The zero-order valence-corrected chi connectivity index (χ0v) is 6.94. The van der Waals surface area contributed by atoms with Crippen molar-refractivity contribution in [3.63, 3.8) is 0 Å². The van der Waals surface area contributed by atoms with Gasteiger partial charge in [0.2, 0.25) is 0 Å². The Morgan fingerprint density at radius 2 is 2.17 bits per heavy atom. The van der Waals surface area contributed by atoms with Crippen LogP contribution < -0.4 is 5.32 Å². The van der Waals surface area contributed by atoms with Gasteiger partial charge in [0.1, 0.15) is 0 Å². The number of hydroxylamine groups is 2. The molecule has 0 saturated carbocycles. The van der Waals surface area contributed by atoms with Gasteiger partial charge < -0.3 is 9.79 Å². The van der Waals surface area contributed by atoms with E-state index >= 15 is 0 Å². The summed E-state index contributed by atoms with van der Waals surface area (Å²) in [6.45, 7) is 0.202. The van der Waals surface area contributed by atoms with Gasteiger partial charge in [-0.2, -0.15) is 0 Å². The minimum absolute atomic E-state index is 0.0370. The molecule has 0 aromatic rings. The van der Waals surface area contributed by atoms with Crippen LogP contribution in [0.15, 0.2) is 0 Å². The summed E-state index contributed by atoms with van der Waals surface area (Å²) in [7, 11) is -4.50. The first-order chi connectivity index (χ1) is 5.43. The lowest BCUT2D eigenvalue weighted by molar-refractivity contribution is -0.169. The van der Waals surface area contributed by atoms with Crippen LogP contribution in [0.3, 0.4) is 0 Å². The average Bonchev–Trinajstić information content (AvgIpc) is 1.92. The highest BCUT2D eigenvalue weighted by Gasteiger charge is 2.40. The smallest absolute Gasteiger partial charge is 0.323 e. The van der Waals surface area contributed by atoms with Gasteiger partial charge in [-0.05, 0) is 0 Å². The predicted molar refractivity (Wildman–Crippen MR) is 37.3 cm³/mol. The summed E-state index contributed by atoms with van der Waals surface area (Å²) in [5, 5.41) is 11.4. The number of nitrogens with zero attached hydrogens (tertiary/aromatic N) is 1. The highest BCUT2D eigenvalue weighted by atomic mass is 31.2. The maximum atomic E-state index is 10.9. The molecule has 0 spiro atoms. The maximum absolute atomic E-state index is 10.9.